The lowest BCUT2D eigenvalue weighted by molar-refractivity contribution is 0.597. The smallest absolute Gasteiger partial charge is 0.152 e. The first-order valence-corrected chi connectivity index (χ1v) is 8.48. The maximum absolute atomic E-state index is 11.6. The van der Waals surface area contributed by atoms with Crippen molar-refractivity contribution in [1.82, 2.24) is 0 Å². The highest BCUT2D eigenvalue weighted by atomic mass is 35.5. The number of nitrogens with zero attached hydrogens (tertiary/aromatic N) is 1. The van der Waals surface area contributed by atoms with E-state index in [1.807, 2.05) is 19.1 Å². The fourth-order valence-corrected chi connectivity index (χ4v) is 3.79. The normalized spacial score (nSPS) is 19.6. The van der Waals surface area contributed by atoms with Crippen LogP contribution in [0.4, 0.5) is 5.69 Å². The summed E-state index contributed by atoms with van der Waals surface area (Å²) in [5.41, 5.74) is 3.33. The molecule has 3 nitrogen and oxygen atoms in total. The molecular formula is C13H18ClNO2S. The first-order chi connectivity index (χ1) is 8.52. The lowest BCUT2D eigenvalue weighted by atomic mass is 10.1. The van der Waals surface area contributed by atoms with Gasteiger partial charge in [-0.15, -0.1) is 11.6 Å². The highest BCUT2D eigenvalue weighted by Crippen LogP contribution is 2.25. The number of hydrogen-bond acceptors (Lipinski definition) is 3. The predicted molar refractivity (Wildman–Crippen MR) is 76.2 cm³/mol. The van der Waals surface area contributed by atoms with Gasteiger partial charge in [-0.1, -0.05) is 17.7 Å². The fourth-order valence-electron chi connectivity index (χ4n) is 2.31. The summed E-state index contributed by atoms with van der Waals surface area (Å²) in [5, 5.41) is 0. The Morgan fingerprint density at radius 1 is 1.28 bits per heavy atom. The van der Waals surface area contributed by atoms with Crippen molar-refractivity contribution in [1.29, 1.82) is 0 Å². The number of benzene rings is 1. The van der Waals surface area contributed by atoms with Crippen LogP contribution in [0.15, 0.2) is 18.2 Å². The Balaban J connectivity index is 2.26. The summed E-state index contributed by atoms with van der Waals surface area (Å²) < 4.78 is 23.2. The third-order valence-corrected chi connectivity index (χ3v) is 5.28. The van der Waals surface area contributed by atoms with Gasteiger partial charge in [0.25, 0.3) is 0 Å². The van der Waals surface area contributed by atoms with Gasteiger partial charge < -0.3 is 4.90 Å². The second kappa shape index (κ2) is 5.49. The Labute approximate surface area is 114 Å². The third-order valence-electron chi connectivity index (χ3n) is 3.28. The van der Waals surface area contributed by atoms with Gasteiger partial charge in [0.15, 0.2) is 9.84 Å². The molecule has 0 amide bonds. The van der Waals surface area contributed by atoms with E-state index in [1.54, 1.807) is 0 Å². The molecule has 1 aromatic rings. The average Bonchev–Trinajstić information content (AvgIpc) is 2.50. The van der Waals surface area contributed by atoms with E-state index < -0.39 is 9.84 Å². The second-order valence-corrected chi connectivity index (χ2v) is 7.33. The molecule has 1 aliphatic heterocycles. The van der Waals surface area contributed by atoms with Gasteiger partial charge in [-0.2, -0.15) is 0 Å². The first kappa shape index (κ1) is 13.7. The van der Waals surface area contributed by atoms with Crippen LogP contribution < -0.4 is 4.90 Å². The molecular weight excluding hydrogens is 270 g/mol. The summed E-state index contributed by atoms with van der Waals surface area (Å²) in [6.07, 6.45) is 0.692. The molecule has 0 atom stereocenters. The minimum atomic E-state index is -2.86. The van der Waals surface area contributed by atoms with Crippen LogP contribution in [-0.4, -0.2) is 33.0 Å². The standard InChI is InChI=1S/C13H18ClNO2S/c1-11-3-4-13(12(9-11)10-14)15-5-2-7-18(16,17)8-6-15/h3-4,9H,2,5-8,10H2,1H3. The van der Waals surface area contributed by atoms with E-state index in [2.05, 4.69) is 11.0 Å². The average molecular weight is 288 g/mol. The van der Waals surface area contributed by atoms with Gasteiger partial charge in [0.2, 0.25) is 0 Å². The van der Waals surface area contributed by atoms with E-state index in [0.717, 1.165) is 17.8 Å². The zero-order valence-corrected chi connectivity index (χ0v) is 12.1. The molecule has 0 bridgehead atoms. The molecule has 0 aromatic heterocycles. The molecule has 0 unspecified atom stereocenters. The largest absolute Gasteiger partial charge is 0.370 e. The number of halogens is 1. The highest BCUT2D eigenvalue weighted by molar-refractivity contribution is 7.91. The van der Waals surface area contributed by atoms with Crippen molar-refractivity contribution in [2.45, 2.75) is 19.2 Å². The van der Waals surface area contributed by atoms with Crippen LogP contribution >= 0.6 is 11.6 Å². The van der Waals surface area contributed by atoms with E-state index in [0.29, 0.717) is 24.6 Å². The summed E-state index contributed by atoms with van der Waals surface area (Å²) in [6.45, 7) is 3.38. The molecule has 0 saturated carbocycles. The van der Waals surface area contributed by atoms with E-state index in [9.17, 15) is 8.42 Å². The number of rotatable bonds is 2. The number of aryl methyl sites for hydroxylation is 1. The van der Waals surface area contributed by atoms with Gasteiger partial charge in [0, 0.05) is 24.7 Å². The van der Waals surface area contributed by atoms with Crippen LogP contribution in [0.5, 0.6) is 0 Å². The Kier molecular flexibility index (Phi) is 4.17. The van der Waals surface area contributed by atoms with Crippen molar-refractivity contribution in [2.75, 3.05) is 29.5 Å². The zero-order valence-electron chi connectivity index (χ0n) is 10.5. The van der Waals surface area contributed by atoms with Gasteiger partial charge in [0.05, 0.1) is 11.5 Å². The maximum atomic E-state index is 11.6. The molecule has 0 N–H and O–H groups in total. The summed E-state index contributed by atoms with van der Waals surface area (Å²) in [7, 11) is -2.86. The van der Waals surface area contributed by atoms with E-state index >= 15 is 0 Å². The molecule has 0 spiro atoms. The Bertz CT molecular complexity index is 528. The molecule has 1 aliphatic rings. The summed E-state index contributed by atoms with van der Waals surface area (Å²) in [4.78, 5) is 2.14. The molecule has 100 valence electrons. The van der Waals surface area contributed by atoms with Gasteiger partial charge in [-0.25, -0.2) is 8.42 Å². The Morgan fingerprint density at radius 2 is 2.06 bits per heavy atom. The van der Waals surface area contributed by atoms with Crippen LogP contribution in [0.1, 0.15) is 17.5 Å². The lowest BCUT2D eigenvalue weighted by Gasteiger charge is -2.24. The summed E-state index contributed by atoms with van der Waals surface area (Å²) in [6, 6.07) is 6.16. The van der Waals surface area contributed by atoms with Crippen molar-refractivity contribution < 1.29 is 8.42 Å². The van der Waals surface area contributed by atoms with Gasteiger partial charge in [0.1, 0.15) is 0 Å². The molecule has 1 saturated heterocycles. The molecule has 0 radical (unpaired) electrons. The monoisotopic (exact) mass is 287 g/mol. The Morgan fingerprint density at radius 3 is 2.78 bits per heavy atom. The molecule has 1 fully saturated rings. The maximum Gasteiger partial charge on any atom is 0.152 e. The first-order valence-electron chi connectivity index (χ1n) is 6.13. The van der Waals surface area contributed by atoms with E-state index in [1.165, 1.54) is 5.56 Å². The number of hydrogen-bond donors (Lipinski definition) is 0. The number of sulfone groups is 1. The van der Waals surface area contributed by atoms with Crippen molar-refractivity contribution in [3.63, 3.8) is 0 Å². The number of anilines is 1. The van der Waals surface area contributed by atoms with Gasteiger partial charge in [-0.05, 0) is 25.0 Å². The molecule has 18 heavy (non-hydrogen) atoms. The molecule has 2 rings (SSSR count). The summed E-state index contributed by atoms with van der Waals surface area (Å²) >= 11 is 5.98. The number of alkyl halides is 1. The van der Waals surface area contributed by atoms with Crippen LogP contribution in [-0.2, 0) is 15.7 Å². The van der Waals surface area contributed by atoms with Crippen molar-refractivity contribution >= 4 is 27.1 Å². The van der Waals surface area contributed by atoms with E-state index in [4.69, 9.17) is 11.6 Å². The van der Waals surface area contributed by atoms with E-state index in [-0.39, 0.29) is 5.75 Å². The molecule has 0 aliphatic carbocycles. The molecule has 5 heteroatoms. The van der Waals surface area contributed by atoms with Crippen molar-refractivity contribution in [3.05, 3.63) is 29.3 Å². The minimum absolute atomic E-state index is 0.239. The topological polar surface area (TPSA) is 37.4 Å². The summed E-state index contributed by atoms with van der Waals surface area (Å²) in [5.74, 6) is 0.994. The third kappa shape index (κ3) is 3.18. The highest BCUT2D eigenvalue weighted by Gasteiger charge is 2.20. The quantitative estimate of drug-likeness (QED) is 0.784. The zero-order chi connectivity index (χ0) is 13.2. The van der Waals surface area contributed by atoms with Crippen LogP contribution in [0.25, 0.3) is 0 Å². The SMILES string of the molecule is Cc1ccc(N2CCCS(=O)(=O)CC2)c(CCl)c1. The molecule has 1 heterocycles. The van der Waals surface area contributed by atoms with Gasteiger partial charge >= 0.3 is 0 Å². The lowest BCUT2D eigenvalue weighted by Crippen LogP contribution is -2.27. The minimum Gasteiger partial charge on any atom is -0.370 e. The fraction of sp³-hybridized carbons (Fsp3) is 0.538. The predicted octanol–water partition coefficient (Wildman–Crippen LogP) is 2.36. The van der Waals surface area contributed by atoms with Crippen LogP contribution in [0, 0.1) is 6.92 Å². The van der Waals surface area contributed by atoms with Crippen LogP contribution in [0.2, 0.25) is 0 Å². The molecule has 1 aromatic carbocycles. The van der Waals surface area contributed by atoms with Crippen molar-refractivity contribution in [2.24, 2.45) is 0 Å². The Hall–Kier alpha value is -0.740. The van der Waals surface area contributed by atoms with Crippen molar-refractivity contribution in [3.8, 4) is 0 Å². The second-order valence-electron chi connectivity index (χ2n) is 4.76. The van der Waals surface area contributed by atoms with Crippen LogP contribution in [0.3, 0.4) is 0 Å². The van der Waals surface area contributed by atoms with Gasteiger partial charge in [-0.3, -0.25) is 0 Å².